The first-order valence-corrected chi connectivity index (χ1v) is 13.8. The van der Waals surface area contributed by atoms with E-state index in [9.17, 15) is 9.59 Å². The van der Waals surface area contributed by atoms with E-state index in [1.165, 1.54) is 11.8 Å². The van der Waals surface area contributed by atoms with E-state index in [4.69, 9.17) is 0 Å². The number of carbonyl (C=O) groups is 2. The minimum absolute atomic E-state index is 0.0536. The third-order valence-corrected chi connectivity index (χ3v) is 8.48. The van der Waals surface area contributed by atoms with Gasteiger partial charge in [-0.05, 0) is 60.7 Å². The summed E-state index contributed by atoms with van der Waals surface area (Å²) in [6.07, 6.45) is 0. The second-order valence-electron chi connectivity index (χ2n) is 8.12. The zero-order valence-corrected chi connectivity index (χ0v) is 22.0. The third-order valence-electron chi connectivity index (χ3n) is 5.78. The molecular weight excluding hydrogens is 544 g/mol. The number of halogens is 1. The molecule has 6 nitrogen and oxygen atoms in total. The van der Waals surface area contributed by atoms with Crippen molar-refractivity contribution in [3.8, 4) is 0 Å². The van der Waals surface area contributed by atoms with Crippen LogP contribution in [0.2, 0.25) is 0 Å². The van der Waals surface area contributed by atoms with E-state index in [0.717, 1.165) is 43.5 Å². The molecule has 1 N–H and O–H groups in total. The van der Waals surface area contributed by atoms with Crippen LogP contribution in [-0.2, 0) is 4.79 Å². The first kappa shape index (κ1) is 23.8. The number of para-hydroxylation sites is 1. The van der Waals surface area contributed by atoms with Crippen molar-refractivity contribution in [1.29, 1.82) is 0 Å². The number of aromatic nitrogens is 1. The molecule has 1 fully saturated rings. The topological polar surface area (TPSA) is 65.5 Å². The number of fused-ring (bicyclic) bond motifs is 1. The monoisotopic (exact) mass is 566 g/mol. The molecule has 1 aromatic heterocycles. The van der Waals surface area contributed by atoms with E-state index in [0.29, 0.717) is 24.4 Å². The summed E-state index contributed by atoms with van der Waals surface area (Å²) >= 11 is 6.47. The van der Waals surface area contributed by atoms with Crippen molar-refractivity contribution in [3.63, 3.8) is 0 Å². The Morgan fingerprint density at radius 1 is 0.943 bits per heavy atom. The number of hydrogen-bond donors (Lipinski definition) is 1. The number of thioether (sulfide) groups is 1. The van der Waals surface area contributed by atoms with E-state index < -0.39 is 0 Å². The Labute approximate surface area is 220 Å². The Bertz CT molecular complexity index is 1300. The quantitative estimate of drug-likeness (QED) is 0.301. The van der Waals surface area contributed by atoms with Crippen molar-refractivity contribution >= 4 is 72.4 Å². The smallest absolute Gasteiger partial charge is 0.253 e. The van der Waals surface area contributed by atoms with Crippen LogP contribution in [0.25, 0.3) is 10.2 Å². The third kappa shape index (κ3) is 5.86. The predicted octanol–water partition coefficient (Wildman–Crippen LogP) is 5.75. The van der Waals surface area contributed by atoms with Crippen LogP contribution >= 0.6 is 39.0 Å². The van der Waals surface area contributed by atoms with Gasteiger partial charge in [-0.25, -0.2) is 4.98 Å². The first-order valence-electron chi connectivity index (χ1n) is 11.2. The average Bonchev–Trinajstić information content (AvgIpc) is 3.31. The van der Waals surface area contributed by atoms with Gasteiger partial charge in [-0.3, -0.25) is 9.59 Å². The van der Waals surface area contributed by atoms with Gasteiger partial charge in [-0.15, -0.1) is 11.3 Å². The maximum atomic E-state index is 12.7. The van der Waals surface area contributed by atoms with Gasteiger partial charge in [0.1, 0.15) is 0 Å². The molecule has 1 saturated heterocycles. The van der Waals surface area contributed by atoms with Gasteiger partial charge in [-0.1, -0.05) is 39.8 Å². The Kier molecular flexibility index (Phi) is 7.36. The minimum Gasteiger partial charge on any atom is -0.368 e. The number of nitrogens with one attached hydrogen (secondary N) is 1. The molecule has 0 aliphatic carbocycles. The molecule has 0 saturated carbocycles. The SMILES string of the molecule is O=C(CSc1nc2ccccc2s1)Nc1ccc(N2CCN(C(=O)c3ccc(Br)cc3)CC2)cc1. The lowest BCUT2D eigenvalue weighted by Crippen LogP contribution is -2.48. The van der Waals surface area contributed by atoms with Gasteiger partial charge in [0, 0.05) is 47.6 Å². The van der Waals surface area contributed by atoms with Crippen LogP contribution < -0.4 is 10.2 Å². The summed E-state index contributed by atoms with van der Waals surface area (Å²) in [7, 11) is 0. The lowest BCUT2D eigenvalue weighted by atomic mass is 10.1. The maximum absolute atomic E-state index is 12.7. The predicted molar refractivity (Wildman–Crippen MR) is 148 cm³/mol. The lowest BCUT2D eigenvalue weighted by molar-refractivity contribution is -0.113. The van der Waals surface area contributed by atoms with Gasteiger partial charge in [0.05, 0.1) is 16.0 Å². The van der Waals surface area contributed by atoms with Gasteiger partial charge < -0.3 is 15.1 Å². The molecule has 1 aliphatic heterocycles. The molecule has 178 valence electrons. The average molecular weight is 568 g/mol. The minimum atomic E-state index is -0.0536. The highest BCUT2D eigenvalue weighted by atomic mass is 79.9. The molecule has 2 heterocycles. The summed E-state index contributed by atoms with van der Waals surface area (Å²) < 4.78 is 2.99. The molecule has 0 bridgehead atoms. The summed E-state index contributed by atoms with van der Waals surface area (Å²) in [5, 5.41) is 2.96. The largest absolute Gasteiger partial charge is 0.368 e. The number of amides is 2. The Morgan fingerprint density at radius 3 is 2.37 bits per heavy atom. The Hall–Kier alpha value is -2.88. The summed E-state index contributed by atoms with van der Waals surface area (Å²) in [5.74, 6) is 0.330. The number of nitrogens with zero attached hydrogens (tertiary/aromatic N) is 3. The van der Waals surface area contributed by atoms with E-state index in [1.807, 2.05) is 77.7 Å². The van der Waals surface area contributed by atoms with Crippen molar-refractivity contribution in [1.82, 2.24) is 9.88 Å². The molecule has 35 heavy (non-hydrogen) atoms. The van der Waals surface area contributed by atoms with Gasteiger partial charge >= 0.3 is 0 Å². The molecule has 9 heteroatoms. The number of rotatable bonds is 6. The summed E-state index contributed by atoms with van der Waals surface area (Å²) in [6.45, 7) is 2.90. The Morgan fingerprint density at radius 2 is 1.66 bits per heavy atom. The maximum Gasteiger partial charge on any atom is 0.253 e. The molecule has 5 rings (SSSR count). The van der Waals surface area contributed by atoms with Crippen LogP contribution in [0.3, 0.4) is 0 Å². The van der Waals surface area contributed by atoms with Crippen LogP contribution in [0.5, 0.6) is 0 Å². The van der Waals surface area contributed by atoms with Crippen LogP contribution in [0.1, 0.15) is 10.4 Å². The molecule has 2 amide bonds. The Balaban J connectivity index is 1.10. The number of thiazole rings is 1. The first-order chi connectivity index (χ1) is 17.0. The van der Waals surface area contributed by atoms with Crippen LogP contribution in [0.15, 0.2) is 81.6 Å². The lowest BCUT2D eigenvalue weighted by Gasteiger charge is -2.36. The van der Waals surface area contributed by atoms with Crippen molar-refractivity contribution < 1.29 is 9.59 Å². The second kappa shape index (κ2) is 10.8. The highest BCUT2D eigenvalue weighted by Crippen LogP contribution is 2.29. The molecule has 4 aromatic rings. The summed E-state index contributed by atoms with van der Waals surface area (Å²) in [6, 6.07) is 23.4. The second-order valence-corrected chi connectivity index (χ2v) is 11.3. The molecule has 1 aliphatic rings. The van der Waals surface area contributed by atoms with Crippen molar-refractivity contribution in [3.05, 3.63) is 82.8 Å². The van der Waals surface area contributed by atoms with Crippen molar-refractivity contribution in [2.24, 2.45) is 0 Å². The van der Waals surface area contributed by atoms with Gasteiger partial charge in [0.15, 0.2) is 4.34 Å². The number of hydrogen-bond acceptors (Lipinski definition) is 6. The van der Waals surface area contributed by atoms with Crippen LogP contribution in [0.4, 0.5) is 11.4 Å². The van der Waals surface area contributed by atoms with E-state index >= 15 is 0 Å². The fourth-order valence-corrected chi connectivity index (χ4v) is 6.07. The number of benzene rings is 3. The zero-order chi connectivity index (χ0) is 24.2. The molecule has 3 aromatic carbocycles. The molecule has 0 radical (unpaired) electrons. The fraction of sp³-hybridized carbons (Fsp3) is 0.192. The van der Waals surface area contributed by atoms with Crippen molar-refractivity contribution in [2.75, 3.05) is 42.1 Å². The van der Waals surface area contributed by atoms with E-state index in [-0.39, 0.29) is 11.8 Å². The number of piperazine rings is 1. The number of carbonyl (C=O) groups excluding carboxylic acids is 2. The standard InChI is InChI=1S/C26H23BrN4O2S2/c27-19-7-5-18(6-8-19)25(33)31-15-13-30(14-16-31)21-11-9-20(10-12-21)28-24(32)17-34-26-29-22-3-1-2-4-23(22)35-26/h1-12H,13-17H2,(H,28,32). The van der Waals surface area contributed by atoms with Crippen LogP contribution in [-0.4, -0.2) is 53.6 Å². The van der Waals surface area contributed by atoms with Crippen molar-refractivity contribution in [2.45, 2.75) is 4.34 Å². The molecule has 0 spiro atoms. The molecule has 0 unspecified atom stereocenters. The fourth-order valence-electron chi connectivity index (χ4n) is 3.94. The summed E-state index contributed by atoms with van der Waals surface area (Å²) in [5.41, 5.74) is 3.54. The highest BCUT2D eigenvalue weighted by Gasteiger charge is 2.22. The molecule has 0 atom stereocenters. The van der Waals surface area contributed by atoms with E-state index in [2.05, 4.69) is 31.1 Å². The van der Waals surface area contributed by atoms with E-state index in [1.54, 1.807) is 11.3 Å². The summed E-state index contributed by atoms with van der Waals surface area (Å²) in [4.78, 5) is 33.9. The van der Waals surface area contributed by atoms with Crippen LogP contribution in [0, 0.1) is 0 Å². The normalized spacial score (nSPS) is 13.7. The molecular formula is C26H23BrN4O2S2. The highest BCUT2D eigenvalue weighted by molar-refractivity contribution is 9.10. The van der Waals surface area contributed by atoms with Gasteiger partial charge in [-0.2, -0.15) is 0 Å². The zero-order valence-electron chi connectivity index (χ0n) is 18.8. The number of anilines is 2. The van der Waals surface area contributed by atoms with Gasteiger partial charge in [0.2, 0.25) is 5.91 Å². The van der Waals surface area contributed by atoms with Gasteiger partial charge in [0.25, 0.3) is 5.91 Å².